The number of hydrogen-bond acceptors (Lipinski definition) is 1. The van der Waals surface area contributed by atoms with E-state index < -0.39 is 0 Å². The summed E-state index contributed by atoms with van der Waals surface area (Å²) >= 11 is 0. The fourth-order valence-corrected chi connectivity index (χ4v) is 0. The van der Waals surface area contributed by atoms with E-state index >= 15 is 0 Å². The molecular formula is H7AlBaOSi. The molecule has 0 aromatic heterocycles. The van der Waals surface area contributed by atoms with Crippen molar-refractivity contribution >= 4 is 76.4 Å². The monoisotopic (exact) mass is 216 g/mol. The normalized spacial score (nSPS) is 1.00. The third-order valence-corrected chi connectivity index (χ3v) is 0. The van der Waals surface area contributed by atoms with Crippen molar-refractivity contribution in [2.45, 2.75) is 0 Å². The van der Waals surface area contributed by atoms with E-state index in [4.69, 9.17) is 4.46 Å². The van der Waals surface area contributed by atoms with Gasteiger partial charge in [-0.15, -0.1) is 0 Å². The third kappa shape index (κ3) is 8.92. The van der Waals surface area contributed by atoms with E-state index in [1.807, 2.05) is 0 Å². The average molecular weight is 215 g/mol. The quantitative estimate of drug-likeness (QED) is 0.413. The molecule has 0 unspecified atom stereocenters. The molecule has 1 nitrogen and oxygen atoms in total. The minimum atomic E-state index is 0. The van der Waals surface area contributed by atoms with Gasteiger partial charge in [0.1, 0.15) is 0 Å². The van der Waals surface area contributed by atoms with Crippen LogP contribution in [0, 0.1) is 0 Å². The van der Waals surface area contributed by atoms with Crippen molar-refractivity contribution in [3.05, 3.63) is 0 Å². The molecule has 0 amide bonds. The minimum absolute atomic E-state index is 0. The molecule has 0 N–H and O–H groups in total. The molecule has 0 saturated heterocycles. The van der Waals surface area contributed by atoms with Gasteiger partial charge in [0.05, 0.1) is 0 Å². The Morgan fingerprint density at radius 1 is 1.50 bits per heavy atom. The topological polar surface area (TPSA) is 17.1 Å². The first-order chi connectivity index (χ1) is 1.00. The van der Waals surface area contributed by atoms with Crippen LogP contribution in [0.2, 0.25) is 0 Å². The molecule has 0 aliphatic rings. The predicted molar refractivity (Wildman–Crippen MR) is 27.1 cm³/mol. The maximum Gasteiger partial charge on any atom is 2.00 e. The molecule has 0 aromatic rings. The largest absolute Gasteiger partial charge is 2.00 e. The molecule has 0 spiro atoms. The van der Waals surface area contributed by atoms with Gasteiger partial charge in [0.25, 0.3) is 0 Å². The van der Waals surface area contributed by atoms with Crippen LogP contribution in [-0.2, 0) is 4.46 Å². The van der Waals surface area contributed by atoms with E-state index in [2.05, 4.69) is 0 Å². The van der Waals surface area contributed by atoms with Crippen LogP contribution in [0.5, 0.6) is 0 Å². The Balaban J connectivity index is -0.000000000833. The van der Waals surface area contributed by atoms with Crippen LogP contribution < -0.4 is 0 Å². The van der Waals surface area contributed by atoms with Crippen LogP contribution in [0.3, 0.4) is 0 Å². The van der Waals surface area contributed by atoms with Gasteiger partial charge in [-0.2, -0.15) is 0 Å². The second kappa shape index (κ2) is 19.3. The molecule has 0 bridgehead atoms. The summed E-state index contributed by atoms with van der Waals surface area (Å²) in [4.78, 5) is 0. The molecule has 0 aromatic carbocycles. The molecule has 0 saturated carbocycles. The van der Waals surface area contributed by atoms with Crippen LogP contribution in [0.4, 0.5) is 0 Å². The van der Waals surface area contributed by atoms with Gasteiger partial charge in [-0.3, -0.25) is 0 Å². The summed E-state index contributed by atoms with van der Waals surface area (Å²) in [5.41, 5.74) is 0. The Hall–Kier alpha value is 2.12. The Morgan fingerprint density at radius 2 is 1.50 bits per heavy atom. The first kappa shape index (κ1) is 16.5. The molecule has 4 heavy (non-hydrogen) atoms. The first-order valence-corrected chi connectivity index (χ1v) is 0.866. The van der Waals surface area contributed by atoms with Gasteiger partial charge in [0, 0.05) is 0 Å². The zero-order chi connectivity index (χ0) is 2.00. The molecule has 0 atom stereocenters. The van der Waals surface area contributed by atoms with Gasteiger partial charge < -0.3 is 7.32 Å². The van der Waals surface area contributed by atoms with Crippen LogP contribution in [-0.4, -0.2) is 76.4 Å². The Bertz CT molecular complexity index is 13.5. The SMILES string of the molecule is O=[SiH2].[AlH3].[Ba+2].[H-].[H-]. The zero-order valence-electron chi connectivity index (χ0n) is 3.82. The van der Waals surface area contributed by atoms with Gasteiger partial charge in [-0.1, -0.05) is 0 Å². The number of hydrogen-bond donors (Lipinski definition) is 0. The molecule has 0 heterocycles. The van der Waals surface area contributed by atoms with Gasteiger partial charge in [0.2, 0.25) is 10.1 Å². The van der Waals surface area contributed by atoms with Crippen LogP contribution in [0.25, 0.3) is 0 Å². The molecule has 0 radical (unpaired) electrons. The molecule has 22 valence electrons. The van der Waals surface area contributed by atoms with Gasteiger partial charge >= 0.3 is 48.9 Å². The summed E-state index contributed by atoms with van der Waals surface area (Å²) in [5, 5.41) is 0. The summed E-state index contributed by atoms with van der Waals surface area (Å²) in [6, 6.07) is 0. The maximum atomic E-state index is 8.28. The van der Waals surface area contributed by atoms with Crippen molar-refractivity contribution in [2.24, 2.45) is 0 Å². The van der Waals surface area contributed by atoms with Crippen LogP contribution >= 0.6 is 0 Å². The van der Waals surface area contributed by atoms with Gasteiger partial charge in [-0.25, -0.2) is 0 Å². The van der Waals surface area contributed by atoms with Gasteiger partial charge in [0.15, 0.2) is 17.4 Å². The summed E-state index contributed by atoms with van der Waals surface area (Å²) in [7, 11) is 0.611. The van der Waals surface area contributed by atoms with E-state index in [9.17, 15) is 0 Å². The summed E-state index contributed by atoms with van der Waals surface area (Å²) in [6.07, 6.45) is 0. The predicted octanol–water partition coefficient (Wildman–Crippen LogP) is -2.37. The Kier molecular flexibility index (Phi) is 79.7. The zero-order valence-corrected chi connectivity index (χ0v) is 7.68. The molecule has 0 fully saturated rings. The maximum absolute atomic E-state index is 8.28. The van der Waals surface area contributed by atoms with Crippen molar-refractivity contribution in [3.63, 3.8) is 0 Å². The molecular weight excluding hydrogens is 208 g/mol. The fraction of sp³-hybridized carbons (Fsp3) is 0. The minimum Gasteiger partial charge on any atom is -1.00 e. The van der Waals surface area contributed by atoms with Crippen molar-refractivity contribution in [3.8, 4) is 0 Å². The van der Waals surface area contributed by atoms with E-state index in [1.165, 1.54) is 0 Å². The third-order valence-electron chi connectivity index (χ3n) is 0. The molecule has 4 heteroatoms. The standard InChI is InChI=1S/Al.Ba.H2OSi.5H/c;;1-2;;;;;/h;;2H2;;;;;/q;+2;;;;;2*-1. The summed E-state index contributed by atoms with van der Waals surface area (Å²) in [6.45, 7) is 0. The van der Waals surface area contributed by atoms with Crippen molar-refractivity contribution in [1.82, 2.24) is 0 Å². The van der Waals surface area contributed by atoms with E-state index in [0.29, 0.717) is 10.1 Å². The molecule has 0 rings (SSSR count). The van der Waals surface area contributed by atoms with E-state index in [0.717, 1.165) is 0 Å². The van der Waals surface area contributed by atoms with Gasteiger partial charge in [-0.05, 0) is 0 Å². The van der Waals surface area contributed by atoms with Crippen molar-refractivity contribution in [2.75, 3.05) is 0 Å². The summed E-state index contributed by atoms with van der Waals surface area (Å²) < 4.78 is 8.28. The smallest absolute Gasteiger partial charge is 1.00 e. The fourth-order valence-electron chi connectivity index (χ4n) is 0. The van der Waals surface area contributed by atoms with Crippen molar-refractivity contribution < 1.29 is 7.32 Å². The number of rotatable bonds is 0. The van der Waals surface area contributed by atoms with Crippen LogP contribution in [0.15, 0.2) is 0 Å². The average Bonchev–Trinajstić information content (AvgIpc) is 1.00. The van der Waals surface area contributed by atoms with Crippen molar-refractivity contribution in [1.29, 1.82) is 0 Å². The Labute approximate surface area is 82.2 Å². The van der Waals surface area contributed by atoms with E-state index in [-0.39, 0.29) is 69.1 Å². The second-order valence-electron chi connectivity index (χ2n) is 0. The van der Waals surface area contributed by atoms with E-state index in [1.54, 1.807) is 0 Å². The molecule has 0 aliphatic carbocycles. The molecule has 0 aliphatic heterocycles. The second-order valence-corrected chi connectivity index (χ2v) is 0. The summed E-state index contributed by atoms with van der Waals surface area (Å²) in [5.74, 6) is 0. The first-order valence-electron chi connectivity index (χ1n) is 0.289. The van der Waals surface area contributed by atoms with Crippen LogP contribution in [0.1, 0.15) is 2.85 Å². The Morgan fingerprint density at radius 3 is 1.50 bits per heavy atom.